The number of aryl methyl sites for hydroxylation is 1. The zero-order valence-electron chi connectivity index (χ0n) is 23.1. The summed E-state index contributed by atoms with van der Waals surface area (Å²) in [6, 6.07) is 14.6. The topological polar surface area (TPSA) is 79.2 Å². The Kier molecular flexibility index (Phi) is 8.01. The Morgan fingerprint density at radius 2 is 1.82 bits per heavy atom. The lowest BCUT2D eigenvalue weighted by molar-refractivity contribution is -0.176. The minimum absolute atomic E-state index is 0.0433. The number of amides is 1. The molecule has 0 aliphatic heterocycles. The highest BCUT2D eigenvalue weighted by molar-refractivity contribution is 5.71. The largest absolute Gasteiger partial charge is 0.508 e. The minimum Gasteiger partial charge on any atom is -0.508 e. The van der Waals surface area contributed by atoms with Crippen LogP contribution in [-0.2, 0) is 16.1 Å². The van der Waals surface area contributed by atoms with Gasteiger partial charge in [0.15, 0.2) is 0 Å². The van der Waals surface area contributed by atoms with E-state index in [1.807, 2.05) is 12.1 Å². The van der Waals surface area contributed by atoms with Gasteiger partial charge < -0.3 is 14.9 Å². The van der Waals surface area contributed by atoms with Gasteiger partial charge in [-0.3, -0.25) is 9.63 Å². The zero-order chi connectivity index (χ0) is 26.9. The maximum atomic E-state index is 11.2. The predicted octanol–water partition coefficient (Wildman–Crippen LogP) is 5.96. The molecule has 0 aromatic heterocycles. The highest BCUT2D eigenvalue weighted by Crippen LogP contribution is 2.65. The fraction of sp³-hybridized carbons (Fsp3) is 0.594. The second kappa shape index (κ2) is 11.3. The van der Waals surface area contributed by atoms with Gasteiger partial charge in [0.2, 0.25) is 5.91 Å². The summed E-state index contributed by atoms with van der Waals surface area (Å²) in [5.41, 5.74) is 3.96. The van der Waals surface area contributed by atoms with E-state index in [1.54, 1.807) is 7.05 Å². The van der Waals surface area contributed by atoms with Crippen molar-refractivity contribution in [1.82, 2.24) is 5.06 Å². The van der Waals surface area contributed by atoms with Crippen LogP contribution >= 0.6 is 0 Å². The van der Waals surface area contributed by atoms with Gasteiger partial charge in [0, 0.05) is 14.0 Å². The second-order valence-electron chi connectivity index (χ2n) is 12.0. The predicted molar refractivity (Wildman–Crippen MR) is 147 cm³/mol. The Morgan fingerprint density at radius 1 is 1.05 bits per heavy atom. The molecule has 0 saturated heterocycles. The number of hydrogen-bond donors (Lipinski definition) is 2. The van der Waals surface area contributed by atoms with Crippen molar-refractivity contribution in [1.29, 1.82) is 0 Å². The molecule has 206 valence electrons. The Hall–Kier alpha value is -2.57. The summed E-state index contributed by atoms with van der Waals surface area (Å²) in [7, 11) is 1.63. The van der Waals surface area contributed by atoms with Crippen LogP contribution in [0.5, 0.6) is 11.5 Å². The van der Waals surface area contributed by atoms with E-state index in [0.717, 1.165) is 57.1 Å². The number of carbonyl (C=O) groups excluding carboxylic acids is 1. The molecule has 6 atom stereocenters. The summed E-state index contributed by atoms with van der Waals surface area (Å²) in [5.74, 6) is 3.00. The van der Waals surface area contributed by atoms with Crippen LogP contribution in [0.2, 0.25) is 0 Å². The molecule has 6 heteroatoms. The van der Waals surface area contributed by atoms with E-state index in [-0.39, 0.29) is 17.4 Å². The Labute approximate surface area is 226 Å². The molecule has 5 rings (SSSR count). The molecule has 2 aromatic rings. The number of rotatable bonds is 9. The number of aliphatic hydroxyl groups is 1. The smallest absolute Gasteiger partial charge is 0.242 e. The number of fused-ring (bicyclic) bond motifs is 5. The lowest BCUT2D eigenvalue weighted by Gasteiger charge is -2.54. The van der Waals surface area contributed by atoms with Gasteiger partial charge >= 0.3 is 0 Å². The molecule has 38 heavy (non-hydrogen) atoms. The highest BCUT2D eigenvalue weighted by Gasteiger charge is 2.57. The van der Waals surface area contributed by atoms with E-state index in [1.165, 1.54) is 28.7 Å². The van der Waals surface area contributed by atoms with Crippen LogP contribution in [0, 0.1) is 17.3 Å². The van der Waals surface area contributed by atoms with Crippen LogP contribution in [0.15, 0.2) is 42.5 Å². The molecule has 2 aromatic carbocycles. The second-order valence-corrected chi connectivity index (χ2v) is 12.0. The number of hydroxylamine groups is 2. The first kappa shape index (κ1) is 27.0. The summed E-state index contributed by atoms with van der Waals surface area (Å²) in [6.07, 6.45) is 7.71. The van der Waals surface area contributed by atoms with Crippen LogP contribution in [0.4, 0.5) is 0 Å². The standard InChI is InChI=1S/C32H43NO5/c1-21(34)33(3)38-18-6-4-5-17-37-25-11-7-22(8-12-25)28-20-32(2)29(15-16-30(32)36)27-13-9-23-19-24(35)10-14-26(23)31(27)28/h7-8,10-12,14,19,27-31,35-36H,4-6,9,13,15-18,20H2,1-3H3/t27?,28-,29?,30+,31?,32+/m1/s1. The molecule has 3 aliphatic rings. The van der Waals surface area contributed by atoms with Gasteiger partial charge in [0.05, 0.1) is 19.3 Å². The van der Waals surface area contributed by atoms with Gasteiger partial charge in [-0.05, 0) is 121 Å². The maximum absolute atomic E-state index is 11.2. The average molecular weight is 522 g/mol. The number of phenols is 1. The molecule has 3 aliphatic carbocycles. The summed E-state index contributed by atoms with van der Waals surface area (Å²) in [5, 5.41) is 22.5. The van der Waals surface area contributed by atoms with Gasteiger partial charge in [-0.25, -0.2) is 5.06 Å². The number of carbonyl (C=O) groups is 1. The molecule has 2 fully saturated rings. The fourth-order valence-corrected chi connectivity index (χ4v) is 7.67. The molecular weight excluding hydrogens is 478 g/mol. The van der Waals surface area contributed by atoms with E-state index < -0.39 is 0 Å². The third-order valence-electron chi connectivity index (χ3n) is 9.76. The number of unbranched alkanes of at least 4 members (excludes halogenated alkanes) is 2. The van der Waals surface area contributed by atoms with E-state index in [0.29, 0.717) is 42.6 Å². The molecular formula is C32H43NO5. The fourth-order valence-electron chi connectivity index (χ4n) is 7.67. The lowest BCUT2D eigenvalue weighted by Crippen LogP contribution is -2.47. The first-order valence-corrected chi connectivity index (χ1v) is 14.4. The van der Waals surface area contributed by atoms with E-state index >= 15 is 0 Å². The highest BCUT2D eigenvalue weighted by atomic mass is 16.7. The average Bonchev–Trinajstić information content (AvgIpc) is 3.21. The number of ether oxygens (including phenoxy) is 1. The lowest BCUT2D eigenvalue weighted by atomic mass is 9.51. The SMILES string of the molecule is CC(=O)N(C)OCCCCCOc1ccc([C@H]2C[C@@]3(C)C(CC[C@@H]3O)C3CCc4cc(O)ccc4C32)cc1. The molecule has 0 bridgehead atoms. The van der Waals surface area contributed by atoms with Gasteiger partial charge in [-0.2, -0.15) is 0 Å². The number of nitrogens with zero attached hydrogens (tertiary/aromatic N) is 1. The first-order chi connectivity index (χ1) is 18.3. The normalized spacial score (nSPS) is 29.7. The van der Waals surface area contributed by atoms with Crippen molar-refractivity contribution in [2.24, 2.45) is 17.3 Å². The third-order valence-corrected chi connectivity index (χ3v) is 9.76. The molecule has 0 spiro atoms. The summed E-state index contributed by atoms with van der Waals surface area (Å²) >= 11 is 0. The van der Waals surface area contributed by atoms with Crippen molar-refractivity contribution >= 4 is 5.91 Å². The van der Waals surface area contributed by atoms with E-state index in [9.17, 15) is 15.0 Å². The van der Waals surface area contributed by atoms with Crippen LogP contribution in [0.25, 0.3) is 0 Å². The van der Waals surface area contributed by atoms with Crippen molar-refractivity contribution in [2.75, 3.05) is 20.3 Å². The third kappa shape index (κ3) is 5.30. The van der Waals surface area contributed by atoms with Gasteiger partial charge in [0.25, 0.3) is 0 Å². The number of phenolic OH excluding ortho intramolecular Hbond substituents is 1. The van der Waals surface area contributed by atoms with Gasteiger partial charge in [0.1, 0.15) is 11.5 Å². The minimum atomic E-state index is -0.229. The number of benzene rings is 2. The van der Waals surface area contributed by atoms with Crippen molar-refractivity contribution in [3.8, 4) is 11.5 Å². The molecule has 2 saturated carbocycles. The summed E-state index contributed by atoms with van der Waals surface area (Å²) in [6.45, 7) is 5.00. The van der Waals surface area contributed by atoms with Crippen LogP contribution < -0.4 is 4.74 Å². The molecule has 2 N–H and O–H groups in total. The first-order valence-electron chi connectivity index (χ1n) is 14.4. The van der Waals surface area contributed by atoms with Crippen molar-refractivity contribution in [3.63, 3.8) is 0 Å². The molecule has 1 amide bonds. The van der Waals surface area contributed by atoms with Gasteiger partial charge in [-0.1, -0.05) is 25.1 Å². The molecule has 0 heterocycles. The van der Waals surface area contributed by atoms with Crippen LogP contribution in [0.1, 0.15) is 87.3 Å². The number of aromatic hydroxyl groups is 1. The molecule has 6 nitrogen and oxygen atoms in total. The molecule has 0 radical (unpaired) electrons. The van der Waals surface area contributed by atoms with Crippen LogP contribution in [-0.4, -0.2) is 47.5 Å². The Morgan fingerprint density at radius 3 is 2.58 bits per heavy atom. The van der Waals surface area contributed by atoms with Gasteiger partial charge in [-0.15, -0.1) is 0 Å². The number of hydrogen-bond acceptors (Lipinski definition) is 5. The summed E-state index contributed by atoms with van der Waals surface area (Å²) in [4.78, 5) is 16.5. The van der Waals surface area contributed by atoms with Crippen molar-refractivity contribution in [2.45, 2.75) is 83.2 Å². The summed E-state index contributed by atoms with van der Waals surface area (Å²) < 4.78 is 6.02. The van der Waals surface area contributed by atoms with E-state index in [4.69, 9.17) is 9.57 Å². The number of aliphatic hydroxyl groups excluding tert-OH is 1. The quantitative estimate of drug-likeness (QED) is 0.314. The van der Waals surface area contributed by atoms with Crippen LogP contribution in [0.3, 0.4) is 0 Å². The zero-order valence-corrected chi connectivity index (χ0v) is 23.1. The monoisotopic (exact) mass is 521 g/mol. The Bertz CT molecular complexity index is 1120. The maximum Gasteiger partial charge on any atom is 0.242 e. The van der Waals surface area contributed by atoms with E-state index in [2.05, 4.69) is 37.3 Å². The van der Waals surface area contributed by atoms with Crippen molar-refractivity contribution in [3.05, 3.63) is 59.2 Å². The molecule has 3 unspecified atom stereocenters. The van der Waals surface area contributed by atoms with Crippen molar-refractivity contribution < 1.29 is 24.6 Å². The Balaban J connectivity index is 1.25.